The van der Waals surface area contributed by atoms with E-state index in [4.69, 9.17) is 38.9 Å². The molecule has 4 aromatic rings. The van der Waals surface area contributed by atoms with Crippen LogP contribution in [0.3, 0.4) is 0 Å². The zero-order valence-corrected chi connectivity index (χ0v) is 22.2. The molecule has 192 valence electrons. The minimum atomic E-state index is -0.365. The number of rotatable bonds is 3. The molecule has 4 aromatic heterocycles. The van der Waals surface area contributed by atoms with Gasteiger partial charge in [-0.2, -0.15) is 5.10 Å². The molecule has 10 nitrogen and oxygen atoms in total. The van der Waals surface area contributed by atoms with Gasteiger partial charge >= 0.3 is 0 Å². The number of piperidine rings is 1. The second kappa shape index (κ2) is 8.74. The molecule has 2 saturated heterocycles. The van der Waals surface area contributed by atoms with Crippen molar-refractivity contribution in [2.45, 2.75) is 37.8 Å². The van der Waals surface area contributed by atoms with Gasteiger partial charge in [0.05, 0.1) is 34.8 Å². The summed E-state index contributed by atoms with van der Waals surface area (Å²) in [5.74, 6) is 1.46. The first kappa shape index (κ1) is 23.5. The van der Waals surface area contributed by atoms with Crippen LogP contribution >= 0.6 is 34.5 Å². The van der Waals surface area contributed by atoms with E-state index in [2.05, 4.69) is 25.1 Å². The molecule has 1 unspecified atom stereocenters. The van der Waals surface area contributed by atoms with E-state index in [-0.39, 0.29) is 17.6 Å². The van der Waals surface area contributed by atoms with Crippen molar-refractivity contribution < 1.29 is 5.11 Å². The number of pyridine rings is 1. The summed E-state index contributed by atoms with van der Waals surface area (Å²) in [6.45, 7) is 2.92. The number of aliphatic hydroxyl groups is 1. The summed E-state index contributed by atoms with van der Waals surface area (Å²) in [5, 5.41) is 18.0. The van der Waals surface area contributed by atoms with E-state index in [9.17, 15) is 5.11 Å². The van der Waals surface area contributed by atoms with Gasteiger partial charge in [0.2, 0.25) is 5.65 Å². The zero-order valence-electron chi connectivity index (χ0n) is 19.9. The fourth-order valence-electron chi connectivity index (χ4n) is 6.00. The number of hydrogen-bond acceptors (Lipinski definition) is 10. The van der Waals surface area contributed by atoms with Crippen molar-refractivity contribution in [3.05, 3.63) is 38.5 Å². The Labute approximate surface area is 226 Å². The van der Waals surface area contributed by atoms with Crippen LogP contribution in [0, 0.1) is 5.41 Å². The molecule has 13 heteroatoms. The molecule has 4 N–H and O–H groups in total. The van der Waals surface area contributed by atoms with Crippen molar-refractivity contribution in [3.63, 3.8) is 0 Å². The predicted molar refractivity (Wildman–Crippen MR) is 144 cm³/mol. The molecular formula is C24H25Cl2N9OS. The topological polar surface area (TPSA) is 133 Å². The molecule has 3 aliphatic rings. The number of aliphatic hydroxyl groups excluding tert-OH is 1. The lowest BCUT2D eigenvalue weighted by atomic mass is 9.73. The van der Waals surface area contributed by atoms with Gasteiger partial charge in [-0.3, -0.25) is 5.10 Å². The lowest BCUT2D eigenvalue weighted by molar-refractivity contribution is 0.186. The monoisotopic (exact) mass is 557 g/mol. The third kappa shape index (κ3) is 3.78. The van der Waals surface area contributed by atoms with Crippen molar-refractivity contribution in [2.75, 3.05) is 36.0 Å². The summed E-state index contributed by atoms with van der Waals surface area (Å²) in [5.41, 5.74) is 10.3. The van der Waals surface area contributed by atoms with Crippen LogP contribution in [0.1, 0.15) is 35.9 Å². The van der Waals surface area contributed by atoms with Crippen LogP contribution < -0.4 is 15.5 Å². The number of aromatic amines is 1. The molecule has 2 atom stereocenters. The quantitative estimate of drug-likeness (QED) is 0.345. The van der Waals surface area contributed by atoms with E-state index in [1.165, 1.54) is 4.88 Å². The van der Waals surface area contributed by atoms with Gasteiger partial charge in [-0.05, 0) is 37.2 Å². The number of nitrogens with one attached hydrogen (secondary N) is 1. The number of H-pyrrole nitrogens is 1. The zero-order chi connectivity index (χ0) is 25.3. The van der Waals surface area contributed by atoms with Gasteiger partial charge in [0, 0.05) is 42.8 Å². The number of thiazole rings is 1. The Hall–Kier alpha value is -2.57. The Kier molecular flexibility index (Phi) is 5.56. The minimum absolute atomic E-state index is 0.0352. The normalized spacial score (nSPS) is 22.9. The van der Waals surface area contributed by atoms with Crippen molar-refractivity contribution in [1.82, 2.24) is 30.1 Å². The third-order valence-electron chi connectivity index (χ3n) is 8.11. The SMILES string of the molecule is N[C@@H]1c2nc(Cl)sc2CC12CCN(c1cnc3c(-c4ccnc(N5CCC(O)C5)c4Cl)[nH]nc3n1)CC2. The summed E-state index contributed by atoms with van der Waals surface area (Å²) in [6.07, 6.45) is 6.72. The Bertz CT molecular complexity index is 1500. The maximum absolute atomic E-state index is 9.93. The molecular weight excluding hydrogens is 533 g/mol. The van der Waals surface area contributed by atoms with Crippen molar-refractivity contribution in [3.8, 4) is 11.3 Å². The number of halogens is 2. The van der Waals surface area contributed by atoms with E-state index in [1.54, 1.807) is 23.7 Å². The van der Waals surface area contributed by atoms with E-state index < -0.39 is 0 Å². The molecule has 7 rings (SSSR count). The second-order valence-electron chi connectivity index (χ2n) is 10.2. The van der Waals surface area contributed by atoms with Crippen LogP contribution in [0.15, 0.2) is 18.5 Å². The van der Waals surface area contributed by atoms with E-state index in [0.717, 1.165) is 49.4 Å². The predicted octanol–water partition coefficient (Wildman–Crippen LogP) is 3.59. The largest absolute Gasteiger partial charge is 0.391 e. The summed E-state index contributed by atoms with van der Waals surface area (Å²) in [4.78, 5) is 24.0. The van der Waals surface area contributed by atoms with Gasteiger partial charge in [-0.25, -0.2) is 19.9 Å². The Balaban J connectivity index is 1.12. The first-order valence-electron chi connectivity index (χ1n) is 12.4. The van der Waals surface area contributed by atoms with Crippen molar-refractivity contribution >= 4 is 57.3 Å². The highest BCUT2D eigenvalue weighted by Gasteiger charge is 2.48. The van der Waals surface area contributed by atoms with Gasteiger partial charge in [0.1, 0.15) is 17.2 Å². The molecule has 0 radical (unpaired) electrons. The molecule has 1 aliphatic carbocycles. The fourth-order valence-corrected chi connectivity index (χ4v) is 7.68. The maximum Gasteiger partial charge on any atom is 0.202 e. The van der Waals surface area contributed by atoms with Gasteiger partial charge < -0.3 is 20.6 Å². The summed E-state index contributed by atoms with van der Waals surface area (Å²) in [6, 6.07) is 1.77. The standard InChI is InChI=1S/C24H25Cl2N9OS/c25-16-13(1-5-28-22(16)35-6-2-12(36)11-35)17-19-21(33-32-17)30-15(10-29-19)34-7-3-24(4-8-34)9-14-18(20(24)27)31-23(26)37-14/h1,5,10,12,20,36H,2-4,6-9,11,27H2,(H,30,32,33)/t12?,20-/m1/s1. The molecule has 0 amide bonds. The Morgan fingerprint density at radius 3 is 2.73 bits per heavy atom. The van der Waals surface area contributed by atoms with Crippen LogP contribution in [0.5, 0.6) is 0 Å². The van der Waals surface area contributed by atoms with Gasteiger partial charge in [-0.1, -0.05) is 23.2 Å². The van der Waals surface area contributed by atoms with E-state index >= 15 is 0 Å². The highest BCUT2D eigenvalue weighted by molar-refractivity contribution is 7.15. The second-order valence-corrected chi connectivity index (χ2v) is 12.2. The molecule has 2 fully saturated rings. The van der Waals surface area contributed by atoms with Crippen LogP contribution in [-0.4, -0.2) is 67.5 Å². The van der Waals surface area contributed by atoms with Gasteiger partial charge in [-0.15, -0.1) is 11.3 Å². The van der Waals surface area contributed by atoms with Crippen LogP contribution in [0.25, 0.3) is 22.4 Å². The molecule has 1 spiro atoms. The average molecular weight is 558 g/mol. The number of nitrogens with two attached hydrogens (primary N) is 1. The molecule has 0 saturated carbocycles. The van der Waals surface area contributed by atoms with Crippen molar-refractivity contribution in [1.29, 1.82) is 0 Å². The van der Waals surface area contributed by atoms with Crippen LogP contribution in [0.4, 0.5) is 11.6 Å². The fraction of sp³-hybridized carbons (Fsp3) is 0.458. The molecule has 37 heavy (non-hydrogen) atoms. The Morgan fingerprint density at radius 1 is 1.14 bits per heavy atom. The highest BCUT2D eigenvalue weighted by atomic mass is 35.5. The average Bonchev–Trinajstić information content (AvgIpc) is 3.65. The number of nitrogens with zero attached hydrogens (tertiary/aromatic N) is 7. The van der Waals surface area contributed by atoms with Crippen LogP contribution in [0.2, 0.25) is 9.49 Å². The lowest BCUT2D eigenvalue weighted by Crippen LogP contribution is -2.44. The number of aromatic nitrogens is 6. The van der Waals surface area contributed by atoms with Crippen LogP contribution in [-0.2, 0) is 6.42 Å². The van der Waals surface area contributed by atoms with E-state index in [1.807, 2.05) is 11.0 Å². The molecule has 6 heterocycles. The van der Waals surface area contributed by atoms with Gasteiger partial charge in [0.25, 0.3) is 0 Å². The third-order valence-corrected chi connectivity index (χ3v) is 9.65. The molecule has 0 bridgehead atoms. The highest BCUT2D eigenvalue weighted by Crippen LogP contribution is 2.52. The van der Waals surface area contributed by atoms with Crippen molar-refractivity contribution in [2.24, 2.45) is 11.1 Å². The number of anilines is 2. The maximum atomic E-state index is 9.93. The van der Waals surface area contributed by atoms with E-state index in [0.29, 0.717) is 51.7 Å². The number of hydrogen-bond donors (Lipinski definition) is 3. The number of fused-ring (bicyclic) bond motifs is 2. The first-order chi connectivity index (χ1) is 17.9. The minimum Gasteiger partial charge on any atom is -0.391 e. The Morgan fingerprint density at radius 2 is 1.97 bits per heavy atom. The summed E-state index contributed by atoms with van der Waals surface area (Å²) in [7, 11) is 0. The smallest absolute Gasteiger partial charge is 0.202 e. The first-order valence-corrected chi connectivity index (χ1v) is 13.9. The number of β-amino-alcohol motifs (C(OH)–C–C–N with tert-alkyl or cyclic N) is 1. The molecule has 2 aliphatic heterocycles. The summed E-state index contributed by atoms with van der Waals surface area (Å²) < 4.78 is 0.578. The van der Waals surface area contributed by atoms with Gasteiger partial charge in [0.15, 0.2) is 4.47 Å². The summed E-state index contributed by atoms with van der Waals surface area (Å²) >= 11 is 14.4. The lowest BCUT2D eigenvalue weighted by Gasteiger charge is -2.42. The molecule has 0 aromatic carbocycles.